The van der Waals surface area contributed by atoms with Crippen molar-refractivity contribution in [2.24, 2.45) is 10.8 Å². The van der Waals surface area contributed by atoms with Gasteiger partial charge < -0.3 is 10.2 Å². The summed E-state index contributed by atoms with van der Waals surface area (Å²) in [6.45, 7) is 10.1. The van der Waals surface area contributed by atoms with E-state index in [1.54, 1.807) is 0 Å². The van der Waals surface area contributed by atoms with Crippen LogP contribution in [0, 0.1) is 10.8 Å². The van der Waals surface area contributed by atoms with Gasteiger partial charge in [-0.25, -0.2) is 0 Å². The number of carbonyl (C=O) groups excluding carboxylic acids is 3. The molecule has 2 aromatic rings. The summed E-state index contributed by atoms with van der Waals surface area (Å²) in [4.78, 5) is 41.4. The molecule has 0 radical (unpaired) electrons. The molecule has 0 unspecified atom stereocenters. The Morgan fingerprint density at radius 2 is 1.28 bits per heavy atom. The maximum absolute atomic E-state index is 13.8. The molecule has 5 nitrogen and oxygen atoms in total. The minimum Gasteiger partial charge on any atom is -0.326 e. The van der Waals surface area contributed by atoms with E-state index in [1.165, 1.54) is 6.92 Å². The zero-order valence-electron chi connectivity index (χ0n) is 21.8. The summed E-state index contributed by atoms with van der Waals surface area (Å²) in [6, 6.07) is 17.7. The Balaban J connectivity index is 1.76. The lowest BCUT2D eigenvalue weighted by Crippen LogP contribution is -2.44. The maximum Gasteiger partial charge on any atom is 0.221 e. The predicted octanol–water partition coefficient (Wildman–Crippen LogP) is 6.54. The first-order valence-electron chi connectivity index (χ1n) is 12.7. The van der Waals surface area contributed by atoms with Crippen molar-refractivity contribution in [1.29, 1.82) is 0 Å². The van der Waals surface area contributed by atoms with Crippen LogP contribution in [0.1, 0.15) is 71.8 Å². The van der Waals surface area contributed by atoms with Crippen LogP contribution in [0.5, 0.6) is 0 Å². The second kappa shape index (κ2) is 8.58. The Morgan fingerprint density at radius 1 is 0.778 bits per heavy atom. The van der Waals surface area contributed by atoms with E-state index >= 15 is 0 Å². The minimum absolute atomic E-state index is 0.124. The van der Waals surface area contributed by atoms with E-state index in [9.17, 15) is 14.4 Å². The van der Waals surface area contributed by atoms with E-state index in [-0.39, 0.29) is 34.2 Å². The average Bonchev–Trinajstić information content (AvgIpc) is 2.77. The van der Waals surface area contributed by atoms with Gasteiger partial charge in [0, 0.05) is 59.6 Å². The number of nitrogens with zero attached hydrogens (tertiary/aromatic N) is 1. The third kappa shape index (κ3) is 4.32. The standard InChI is InChI=1S/C31H34N2O3/c1-19(34)32-21-11-13-22(14-12-21)33-23-15-30(2,3)17-25(35)28(23)27(20-9-7-6-8-10-20)29-24(33)16-31(4,5)18-26(29)36/h6-14,27H,15-18H2,1-5H3,(H,32,34). The van der Waals surface area contributed by atoms with E-state index in [0.717, 1.165) is 46.6 Å². The van der Waals surface area contributed by atoms with Gasteiger partial charge in [-0.05, 0) is 53.5 Å². The van der Waals surface area contributed by atoms with Crippen molar-refractivity contribution in [3.63, 3.8) is 0 Å². The van der Waals surface area contributed by atoms with Gasteiger partial charge in [0.15, 0.2) is 11.6 Å². The average molecular weight is 483 g/mol. The van der Waals surface area contributed by atoms with Crippen molar-refractivity contribution in [3.8, 4) is 0 Å². The molecular weight excluding hydrogens is 448 g/mol. The van der Waals surface area contributed by atoms with E-state index in [1.807, 2.05) is 54.6 Å². The highest BCUT2D eigenvalue weighted by molar-refractivity contribution is 6.08. The number of hydrogen-bond acceptors (Lipinski definition) is 4. The molecule has 2 aliphatic carbocycles. The zero-order chi connectivity index (χ0) is 25.8. The maximum atomic E-state index is 13.8. The van der Waals surface area contributed by atoms with Crippen LogP contribution in [0.3, 0.4) is 0 Å². The molecule has 0 fully saturated rings. The molecule has 0 atom stereocenters. The summed E-state index contributed by atoms with van der Waals surface area (Å²) in [6.07, 6.45) is 2.42. The molecule has 0 saturated carbocycles. The summed E-state index contributed by atoms with van der Waals surface area (Å²) in [5.74, 6) is -0.211. The van der Waals surface area contributed by atoms with Crippen molar-refractivity contribution in [3.05, 3.63) is 82.7 Å². The summed E-state index contributed by atoms with van der Waals surface area (Å²) >= 11 is 0. The number of ketones is 2. The Labute approximate surface area is 213 Å². The molecule has 3 aliphatic rings. The van der Waals surface area contributed by atoms with Gasteiger partial charge in [-0.1, -0.05) is 58.0 Å². The number of nitrogens with one attached hydrogen (secondary N) is 1. The van der Waals surface area contributed by atoms with Crippen molar-refractivity contribution in [1.82, 2.24) is 0 Å². The monoisotopic (exact) mass is 482 g/mol. The molecule has 186 valence electrons. The quantitative estimate of drug-likeness (QED) is 0.540. The summed E-state index contributed by atoms with van der Waals surface area (Å²) in [7, 11) is 0. The van der Waals surface area contributed by atoms with Crippen LogP contribution in [0.15, 0.2) is 77.1 Å². The first-order chi connectivity index (χ1) is 17.0. The fourth-order valence-electron chi connectivity index (χ4n) is 6.15. The summed E-state index contributed by atoms with van der Waals surface area (Å²) < 4.78 is 0. The highest BCUT2D eigenvalue weighted by atomic mass is 16.1. The SMILES string of the molecule is CC(=O)Nc1ccc(N2C3=C(C(=O)CC(C)(C)C3)C(c3ccccc3)C3=C2CC(C)(C)CC3=O)cc1. The second-order valence-corrected chi connectivity index (χ2v) is 12.0. The molecule has 5 heteroatoms. The van der Waals surface area contributed by atoms with Gasteiger partial charge >= 0.3 is 0 Å². The van der Waals surface area contributed by atoms with Crippen molar-refractivity contribution in [2.45, 2.75) is 66.2 Å². The molecule has 36 heavy (non-hydrogen) atoms. The van der Waals surface area contributed by atoms with Crippen LogP contribution in [0.4, 0.5) is 11.4 Å². The van der Waals surface area contributed by atoms with Gasteiger partial charge in [0.25, 0.3) is 0 Å². The number of allylic oxidation sites excluding steroid dienone is 4. The van der Waals surface area contributed by atoms with Crippen molar-refractivity contribution >= 4 is 28.8 Å². The number of rotatable bonds is 3. The lowest BCUT2D eigenvalue weighted by Gasteiger charge is -2.49. The molecular formula is C31H34N2O3. The number of hydrogen-bond donors (Lipinski definition) is 1. The molecule has 1 heterocycles. The third-order valence-electron chi connectivity index (χ3n) is 7.49. The highest BCUT2D eigenvalue weighted by Crippen LogP contribution is 2.55. The molecule has 0 aromatic heterocycles. The lowest BCUT2D eigenvalue weighted by molar-refractivity contribution is -0.119. The smallest absolute Gasteiger partial charge is 0.221 e. The van der Waals surface area contributed by atoms with Gasteiger partial charge in [-0.3, -0.25) is 14.4 Å². The van der Waals surface area contributed by atoms with Crippen molar-refractivity contribution in [2.75, 3.05) is 10.2 Å². The van der Waals surface area contributed by atoms with Crippen LogP contribution < -0.4 is 10.2 Å². The summed E-state index contributed by atoms with van der Waals surface area (Å²) in [5, 5.41) is 2.83. The van der Waals surface area contributed by atoms with E-state index in [0.29, 0.717) is 18.5 Å². The van der Waals surface area contributed by atoms with Crippen LogP contribution >= 0.6 is 0 Å². The Hall–Kier alpha value is -3.47. The number of Topliss-reactive ketones (excluding diaryl/α,β-unsaturated/α-hetero) is 2. The molecule has 2 aromatic carbocycles. The largest absolute Gasteiger partial charge is 0.326 e. The van der Waals surface area contributed by atoms with Gasteiger partial charge in [-0.15, -0.1) is 0 Å². The Morgan fingerprint density at radius 3 is 1.75 bits per heavy atom. The number of amides is 1. The van der Waals surface area contributed by atoms with Gasteiger partial charge in [-0.2, -0.15) is 0 Å². The third-order valence-corrected chi connectivity index (χ3v) is 7.49. The van der Waals surface area contributed by atoms with Gasteiger partial charge in [0.2, 0.25) is 5.91 Å². The summed E-state index contributed by atoms with van der Waals surface area (Å²) in [5.41, 5.74) is 5.79. The van der Waals surface area contributed by atoms with E-state index in [2.05, 4.69) is 37.9 Å². The molecule has 0 saturated heterocycles. The van der Waals surface area contributed by atoms with Gasteiger partial charge in [0.1, 0.15) is 0 Å². The number of carbonyl (C=O) groups is 3. The van der Waals surface area contributed by atoms with Crippen molar-refractivity contribution < 1.29 is 14.4 Å². The molecule has 0 bridgehead atoms. The zero-order valence-corrected chi connectivity index (χ0v) is 21.8. The highest BCUT2D eigenvalue weighted by Gasteiger charge is 2.49. The predicted molar refractivity (Wildman–Crippen MR) is 143 cm³/mol. The molecule has 0 spiro atoms. The van der Waals surface area contributed by atoms with Crippen LogP contribution in [0.25, 0.3) is 0 Å². The van der Waals surface area contributed by atoms with Crippen LogP contribution in [-0.4, -0.2) is 17.5 Å². The lowest BCUT2D eigenvalue weighted by atomic mass is 9.63. The number of anilines is 2. The topological polar surface area (TPSA) is 66.5 Å². The van der Waals surface area contributed by atoms with Crippen LogP contribution in [0.2, 0.25) is 0 Å². The van der Waals surface area contributed by atoms with E-state index < -0.39 is 0 Å². The fourth-order valence-corrected chi connectivity index (χ4v) is 6.15. The minimum atomic E-state index is -0.335. The normalized spacial score (nSPS) is 21.3. The molecule has 5 rings (SSSR count). The molecule has 1 aliphatic heterocycles. The molecule has 1 N–H and O–H groups in total. The first-order valence-corrected chi connectivity index (χ1v) is 12.7. The number of benzene rings is 2. The van der Waals surface area contributed by atoms with E-state index in [4.69, 9.17) is 0 Å². The van der Waals surface area contributed by atoms with Gasteiger partial charge in [0.05, 0.1) is 0 Å². The Kier molecular flexibility index (Phi) is 5.77. The second-order valence-electron chi connectivity index (χ2n) is 12.0. The van der Waals surface area contributed by atoms with Crippen LogP contribution in [-0.2, 0) is 14.4 Å². The first kappa shape index (κ1) is 24.2. The molecule has 1 amide bonds. The Bertz CT molecular complexity index is 1260. The fraction of sp³-hybridized carbons (Fsp3) is 0.387.